The lowest BCUT2D eigenvalue weighted by Crippen LogP contribution is -2.40. The average Bonchev–Trinajstić information content (AvgIpc) is 3.46. The molecule has 1 amide bonds. The van der Waals surface area contributed by atoms with E-state index in [1.54, 1.807) is 0 Å². The van der Waals surface area contributed by atoms with Crippen molar-refractivity contribution in [1.29, 1.82) is 0 Å². The average molecular weight is 536 g/mol. The van der Waals surface area contributed by atoms with Gasteiger partial charge in [-0.05, 0) is 61.5 Å². The Labute approximate surface area is 236 Å². The fraction of sp³-hybridized carbons (Fsp3) is 0.364. The van der Waals surface area contributed by atoms with E-state index >= 15 is 0 Å². The largest absolute Gasteiger partial charge is 0.352 e. The van der Waals surface area contributed by atoms with Crippen LogP contribution in [0.2, 0.25) is 0 Å². The van der Waals surface area contributed by atoms with Crippen LogP contribution in [0.5, 0.6) is 0 Å². The number of nitrogens with one attached hydrogen (secondary N) is 1. The molecule has 0 radical (unpaired) electrons. The molecular formula is C33H37N5O2. The van der Waals surface area contributed by atoms with Gasteiger partial charge >= 0.3 is 0 Å². The molecular weight excluding hydrogens is 498 g/mol. The van der Waals surface area contributed by atoms with Crippen LogP contribution in [0.15, 0.2) is 77.3 Å². The molecule has 2 aliphatic rings. The number of hydrogen-bond acceptors (Lipinski definition) is 6. The van der Waals surface area contributed by atoms with Crippen molar-refractivity contribution in [3.8, 4) is 11.4 Å². The highest BCUT2D eigenvalue weighted by molar-refractivity contribution is 5.78. The number of carbonyl (C=O) groups excluding carboxylic acids is 1. The van der Waals surface area contributed by atoms with Gasteiger partial charge in [-0.15, -0.1) is 0 Å². The molecule has 3 heterocycles. The molecule has 0 saturated carbocycles. The number of nitrogens with zero attached hydrogens (tertiary/aromatic N) is 4. The molecule has 1 N–H and O–H groups in total. The number of amides is 1. The molecule has 1 saturated heterocycles. The zero-order valence-electron chi connectivity index (χ0n) is 23.2. The van der Waals surface area contributed by atoms with E-state index in [2.05, 4.69) is 80.7 Å². The Morgan fingerprint density at radius 1 is 0.875 bits per heavy atom. The summed E-state index contributed by atoms with van der Waals surface area (Å²) in [4.78, 5) is 22.2. The Bertz CT molecular complexity index is 1420. The minimum atomic E-state index is 0.0447. The minimum Gasteiger partial charge on any atom is -0.352 e. The van der Waals surface area contributed by atoms with E-state index in [4.69, 9.17) is 4.52 Å². The Hall–Kier alpha value is -3.81. The number of aryl methyl sites for hydroxylation is 1. The predicted molar refractivity (Wildman–Crippen MR) is 155 cm³/mol. The first kappa shape index (κ1) is 26.4. The molecule has 40 heavy (non-hydrogen) atoms. The van der Waals surface area contributed by atoms with Crippen molar-refractivity contribution < 1.29 is 9.32 Å². The number of benzene rings is 3. The van der Waals surface area contributed by atoms with Crippen LogP contribution in [-0.4, -0.2) is 45.5 Å². The maximum Gasteiger partial charge on any atom is 0.241 e. The summed E-state index contributed by atoms with van der Waals surface area (Å²) in [6, 6.07) is 25.6. The second kappa shape index (κ2) is 12.1. The fourth-order valence-electron chi connectivity index (χ4n) is 5.73. The van der Waals surface area contributed by atoms with E-state index in [9.17, 15) is 4.79 Å². The normalized spacial score (nSPS) is 16.5. The summed E-state index contributed by atoms with van der Waals surface area (Å²) in [6.45, 7) is 7.99. The molecule has 0 bridgehead atoms. The van der Waals surface area contributed by atoms with E-state index in [1.807, 2.05) is 24.3 Å². The number of aromatic nitrogens is 2. The fourth-order valence-corrected chi connectivity index (χ4v) is 5.73. The summed E-state index contributed by atoms with van der Waals surface area (Å²) >= 11 is 0. The quantitative estimate of drug-likeness (QED) is 0.337. The highest BCUT2D eigenvalue weighted by Gasteiger charge is 2.26. The molecule has 4 aromatic rings. The number of carbonyl (C=O) groups is 1. The van der Waals surface area contributed by atoms with Crippen LogP contribution in [0.1, 0.15) is 46.5 Å². The van der Waals surface area contributed by atoms with E-state index in [-0.39, 0.29) is 11.8 Å². The zero-order valence-corrected chi connectivity index (χ0v) is 23.2. The van der Waals surface area contributed by atoms with Crippen LogP contribution in [0.25, 0.3) is 11.4 Å². The minimum absolute atomic E-state index is 0.0447. The SMILES string of the molecule is Cc1ccc(-c2noc(CN3CCC(C(=O)NCc4ccc(CN5CCc6ccccc6C5)cc4)CC3)n2)cc1. The van der Waals surface area contributed by atoms with Gasteiger partial charge in [0.1, 0.15) is 0 Å². The maximum atomic E-state index is 12.9. The third kappa shape index (κ3) is 6.49. The van der Waals surface area contributed by atoms with Crippen LogP contribution < -0.4 is 5.32 Å². The van der Waals surface area contributed by atoms with Gasteiger partial charge < -0.3 is 9.84 Å². The lowest BCUT2D eigenvalue weighted by molar-refractivity contribution is -0.126. The topological polar surface area (TPSA) is 74.5 Å². The van der Waals surface area contributed by atoms with E-state index in [0.717, 1.165) is 63.1 Å². The van der Waals surface area contributed by atoms with Gasteiger partial charge in [-0.2, -0.15) is 4.98 Å². The number of likely N-dealkylation sites (tertiary alicyclic amines) is 1. The first-order valence-electron chi connectivity index (χ1n) is 14.4. The van der Waals surface area contributed by atoms with Gasteiger partial charge in [-0.1, -0.05) is 83.5 Å². The van der Waals surface area contributed by atoms with Gasteiger partial charge in [-0.3, -0.25) is 14.6 Å². The Kier molecular flexibility index (Phi) is 8.02. The van der Waals surface area contributed by atoms with Crippen LogP contribution in [-0.2, 0) is 37.4 Å². The van der Waals surface area contributed by atoms with Gasteiger partial charge in [-0.25, -0.2) is 0 Å². The molecule has 2 aliphatic heterocycles. The summed E-state index contributed by atoms with van der Waals surface area (Å²) in [5, 5.41) is 7.30. The monoisotopic (exact) mass is 535 g/mol. The molecule has 1 fully saturated rings. The molecule has 0 aliphatic carbocycles. The van der Waals surface area contributed by atoms with Crippen LogP contribution in [0.3, 0.4) is 0 Å². The van der Waals surface area contributed by atoms with Gasteiger partial charge in [0.15, 0.2) is 0 Å². The molecule has 206 valence electrons. The van der Waals surface area contributed by atoms with Gasteiger partial charge in [0.2, 0.25) is 17.6 Å². The first-order valence-corrected chi connectivity index (χ1v) is 14.4. The Balaban J connectivity index is 0.925. The van der Waals surface area contributed by atoms with Crippen LogP contribution in [0, 0.1) is 12.8 Å². The van der Waals surface area contributed by atoms with E-state index < -0.39 is 0 Å². The number of rotatable bonds is 8. The predicted octanol–water partition coefficient (Wildman–Crippen LogP) is 5.13. The zero-order chi connectivity index (χ0) is 27.3. The summed E-state index contributed by atoms with van der Waals surface area (Å²) in [5.74, 6) is 1.43. The van der Waals surface area contributed by atoms with E-state index in [0.29, 0.717) is 24.8 Å². The smallest absolute Gasteiger partial charge is 0.241 e. The van der Waals surface area contributed by atoms with Gasteiger partial charge in [0.05, 0.1) is 6.54 Å². The highest BCUT2D eigenvalue weighted by atomic mass is 16.5. The van der Waals surface area contributed by atoms with Crippen molar-refractivity contribution in [2.24, 2.45) is 5.92 Å². The van der Waals surface area contributed by atoms with Crippen molar-refractivity contribution in [2.45, 2.75) is 52.4 Å². The standard InChI is InChI=1S/C33H37N5O2/c1-24-6-12-28(13-7-24)32-35-31(40-36-32)23-37-17-15-29(16-18-37)33(39)34-20-25-8-10-26(11-9-25)21-38-19-14-27-4-2-3-5-30(27)22-38/h2-13,29H,14-23H2,1H3,(H,34,39). The van der Waals surface area contributed by atoms with Crippen molar-refractivity contribution in [3.63, 3.8) is 0 Å². The third-order valence-electron chi connectivity index (χ3n) is 8.20. The molecule has 6 rings (SSSR count). The maximum absolute atomic E-state index is 12.9. The molecule has 1 aromatic heterocycles. The lowest BCUT2D eigenvalue weighted by atomic mass is 9.96. The van der Waals surface area contributed by atoms with Gasteiger partial charge in [0.25, 0.3) is 0 Å². The second-order valence-electron chi connectivity index (χ2n) is 11.2. The highest BCUT2D eigenvalue weighted by Crippen LogP contribution is 2.22. The summed E-state index contributed by atoms with van der Waals surface area (Å²) in [7, 11) is 0. The molecule has 7 heteroatoms. The van der Waals surface area contributed by atoms with Crippen LogP contribution >= 0.6 is 0 Å². The Morgan fingerprint density at radius 3 is 2.38 bits per heavy atom. The molecule has 7 nitrogen and oxygen atoms in total. The first-order chi connectivity index (χ1) is 19.6. The molecule has 0 unspecified atom stereocenters. The van der Waals surface area contributed by atoms with Gasteiger partial charge in [0, 0.05) is 37.7 Å². The third-order valence-corrected chi connectivity index (χ3v) is 8.20. The van der Waals surface area contributed by atoms with Crippen LogP contribution in [0.4, 0.5) is 0 Å². The molecule has 0 spiro atoms. The van der Waals surface area contributed by atoms with Crippen molar-refractivity contribution in [1.82, 2.24) is 25.3 Å². The van der Waals surface area contributed by atoms with Crippen molar-refractivity contribution >= 4 is 5.91 Å². The number of piperidine rings is 1. The van der Waals surface area contributed by atoms with E-state index in [1.165, 1.54) is 22.3 Å². The molecule has 3 aromatic carbocycles. The van der Waals surface area contributed by atoms with Crippen molar-refractivity contribution in [2.75, 3.05) is 19.6 Å². The molecule has 0 atom stereocenters. The lowest BCUT2D eigenvalue weighted by Gasteiger charge is -2.30. The Morgan fingerprint density at radius 2 is 1.60 bits per heavy atom. The number of hydrogen-bond donors (Lipinski definition) is 1. The summed E-state index contributed by atoms with van der Waals surface area (Å²) in [5.41, 5.74) is 7.54. The second-order valence-corrected chi connectivity index (χ2v) is 11.2. The van der Waals surface area contributed by atoms with Crippen molar-refractivity contribution in [3.05, 3.63) is 107 Å². The number of fused-ring (bicyclic) bond motifs is 1. The summed E-state index contributed by atoms with van der Waals surface area (Å²) < 4.78 is 5.49. The summed E-state index contributed by atoms with van der Waals surface area (Å²) in [6.07, 6.45) is 2.79.